The van der Waals surface area contributed by atoms with Crippen LogP contribution < -0.4 is 0 Å². The van der Waals surface area contributed by atoms with Gasteiger partial charge in [-0.1, -0.05) is 70.1 Å². The fourth-order valence-electron chi connectivity index (χ4n) is 6.01. The molecule has 1 N–H and O–H groups in total. The van der Waals surface area contributed by atoms with Gasteiger partial charge in [0.2, 0.25) is 0 Å². The average Bonchev–Trinajstić information content (AvgIpc) is 3.04. The average molecular weight is 397 g/mol. The minimum absolute atomic E-state index is 0.149. The molecule has 0 amide bonds. The van der Waals surface area contributed by atoms with E-state index in [1.54, 1.807) is 11.1 Å². The molecule has 162 valence electrons. The van der Waals surface area contributed by atoms with Crippen molar-refractivity contribution in [3.05, 3.63) is 46.6 Å². The number of hydrogen-bond acceptors (Lipinski definition) is 1. The topological polar surface area (TPSA) is 20.2 Å². The molecule has 1 saturated carbocycles. The molecule has 0 radical (unpaired) electrons. The van der Waals surface area contributed by atoms with Gasteiger partial charge in [0, 0.05) is 0 Å². The number of allylic oxidation sites excluding steroid dienone is 7. The van der Waals surface area contributed by atoms with E-state index in [0.717, 1.165) is 31.1 Å². The first-order valence-electron chi connectivity index (χ1n) is 12.2. The highest BCUT2D eigenvalue weighted by molar-refractivity contribution is 5.40. The standard InChI is InChI=1S/C28H44O/c1-19(2)20(3)9-10-22(5)26-15-16-27-23(8-7-17-28(26,27)6)12-13-24-18-25(29)14-11-21(24)4/h9-10,12-13,19-20,22,25-26,29H,7-8,11,14-18H2,1-6H3/b10-9+,13-12+/t20-,22+,25-,26+,28+/m0/s1. The summed E-state index contributed by atoms with van der Waals surface area (Å²) in [5.74, 6) is 2.80. The van der Waals surface area contributed by atoms with Crippen LogP contribution in [0.3, 0.4) is 0 Å². The van der Waals surface area contributed by atoms with E-state index in [4.69, 9.17) is 0 Å². The molecule has 0 aromatic rings. The molecule has 1 nitrogen and oxygen atoms in total. The molecule has 0 spiro atoms. The highest BCUT2D eigenvalue weighted by Crippen LogP contribution is 2.57. The maximum atomic E-state index is 10.1. The number of hydrogen-bond donors (Lipinski definition) is 1. The Balaban J connectivity index is 1.79. The summed E-state index contributed by atoms with van der Waals surface area (Å²) in [7, 11) is 0. The minimum atomic E-state index is -0.149. The largest absolute Gasteiger partial charge is 0.393 e. The molecule has 1 fully saturated rings. The Morgan fingerprint density at radius 3 is 2.41 bits per heavy atom. The first-order chi connectivity index (χ1) is 13.7. The van der Waals surface area contributed by atoms with Crippen LogP contribution in [0.1, 0.15) is 92.9 Å². The lowest BCUT2D eigenvalue weighted by Crippen LogP contribution is -2.30. The van der Waals surface area contributed by atoms with Gasteiger partial charge in [0.05, 0.1) is 6.10 Å². The summed E-state index contributed by atoms with van der Waals surface area (Å²) in [6.45, 7) is 14.2. The third-order valence-electron chi connectivity index (χ3n) is 8.49. The number of aliphatic hydroxyl groups excluding tert-OH is 1. The Kier molecular flexibility index (Phi) is 7.31. The summed E-state index contributed by atoms with van der Waals surface area (Å²) in [6, 6.07) is 0. The molecule has 1 heteroatoms. The molecule has 0 heterocycles. The van der Waals surface area contributed by atoms with Gasteiger partial charge in [-0.15, -0.1) is 0 Å². The summed E-state index contributed by atoms with van der Waals surface area (Å²) in [6.07, 6.45) is 18.9. The second-order valence-electron chi connectivity index (χ2n) is 10.8. The maximum absolute atomic E-state index is 10.1. The van der Waals surface area contributed by atoms with E-state index in [9.17, 15) is 5.11 Å². The van der Waals surface area contributed by atoms with E-state index in [2.05, 4.69) is 65.8 Å². The zero-order valence-electron chi connectivity index (χ0n) is 19.8. The Morgan fingerprint density at radius 1 is 0.966 bits per heavy atom. The van der Waals surface area contributed by atoms with Crippen LogP contribution in [0.5, 0.6) is 0 Å². The Hall–Kier alpha value is -1.08. The van der Waals surface area contributed by atoms with Crippen LogP contribution in [0.25, 0.3) is 0 Å². The third-order valence-corrected chi connectivity index (χ3v) is 8.49. The highest BCUT2D eigenvalue weighted by Gasteiger charge is 2.46. The predicted molar refractivity (Wildman–Crippen MR) is 126 cm³/mol. The van der Waals surface area contributed by atoms with Gasteiger partial charge in [0.1, 0.15) is 0 Å². The van der Waals surface area contributed by atoms with E-state index in [0.29, 0.717) is 17.3 Å². The molecule has 0 saturated heterocycles. The van der Waals surface area contributed by atoms with Crippen molar-refractivity contribution in [1.29, 1.82) is 0 Å². The highest BCUT2D eigenvalue weighted by atomic mass is 16.3. The van der Waals surface area contributed by atoms with E-state index in [1.807, 2.05) is 0 Å². The number of aliphatic hydroxyl groups is 1. The second-order valence-corrected chi connectivity index (χ2v) is 10.8. The molecular weight excluding hydrogens is 352 g/mol. The molecule has 0 aromatic carbocycles. The number of fused-ring (bicyclic) bond motifs is 1. The lowest BCUT2D eigenvalue weighted by Gasteiger charge is -2.40. The van der Waals surface area contributed by atoms with Gasteiger partial charge in [-0.25, -0.2) is 0 Å². The molecule has 3 rings (SSSR count). The van der Waals surface area contributed by atoms with Crippen LogP contribution in [0.2, 0.25) is 0 Å². The van der Waals surface area contributed by atoms with E-state index in [-0.39, 0.29) is 6.10 Å². The van der Waals surface area contributed by atoms with Crippen LogP contribution >= 0.6 is 0 Å². The molecule has 5 atom stereocenters. The smallest absolute Gasteiger partial charge is 0.0583 e. The quantitative estimate of drug-likeness (QED) is 0.454. The van der Waals surface area contributed by atoms with Gasteiger partial charge in [0.15, 0.2) is 0 Å². The molecule has 3 aliphatic carbocycles. The fourth-order valence-corrected chi connectivity index (χ4v) is 6.01. The van der Waals surface area contributed by atoms with Gasteiger partial charge in [-0.2, -0.15) is 0 Å². The first-order valence-corrected chi connectivity index (χ1v) is 12.2. The van der Waals surface area contributed by atoms with Crippen molar-refractivity contribution in [2.45, 2.75) is 99.0 Å². The normalized spacial score (nSPS) is 33.2. The lowest BCUT2D eigenvalue weighted by molar-refractivity contribution is 0.159. The lowest BCUT2D eigenvalue weighted by atomic mass is 9.65. The van der Waals surface area contributed by atoms with E-state index >= 15 is 0 Å². The fraction of sp³-hybridized carbons (Fsp3) is 0.714. The van der Waals surface area contributed by atoms with Crippen LogP contribution in [-0.4, -0.2) is 11.2 Å². The Labute approximate surface area is 180 Å². The van der Waals surface area contributed by atoms with E-state index in [1.165, 1.54) is 43.3 Å². The van der Waals surface area contributed by atoms with Gasteiger partial charge >= 0.3 is 0 Å². The summed E-state index contributed by atoms with van der Waals surface area (Å²) in [5, 5.41) is 10.1. The molecule has 0 aromatic heterocycles. The zero-order chi connectivity index (χ0) is 21.2. The molecule has 0 unspecified atom stereocenters. The molecule has 3 aliphatic rings. The van der Waals surface area contributed by atoms with Gasteiger partial charge in [-0.05, 0) is 98.5 Å². The van der Waals surface area contributed by atoms with E-state index < -0.39 is 0 Å². The predicted octanol–water partition coefficient (Wildman–Crippen LogP) is 7.79. The third kappa shape index (κ3) is 4.98. The maximum Gasteiger partial charge on any atom is 0.0583 e. The zero-order valence-corrected chi connectivity index (χ0v) is 19.8. The monoisotopic (exact) mass is 396 g/mol. The minimum Gasteiger partial charge on any atom is -0.393 e. The summed E-state index contributed by atoms with van der Waals surface area (Å²) < 4.78 is 0. The number of rotatable bonds is 6. The molecule has 0 aliphatic heterocycles. The van der Waals surface area contributed by atoms with Gasteiger partial charge in [-0.3, -0.25) is 0 Å². The SMILES string of the molecule is CC1=C(/C=C/C2=C3CC[C@H]([C@H](C)/C=C/[C@H](C)C(C)C)[C@@]3(C)CCC2)C[C@@H](O)CC1. The van der Waals surface area contributed by atoms with Gasteiger partial charge in [0.25, 0.3) is 0 Å². The van der Waals surface area contributed by atoms with Crippen LogP contribution in [0.15, 0.2) is 46.6 Å². The molecule has 29 heavy (non-hydrogen) atoms. The Morgan fingerprint density at radius 2 is 1.69 bits per heavy atom. The van der Waals surface area contributed by atoms with Crippen molar-refractivity contribution < 1.29 is 5.11 Å². The van der Waals surface area contributed by atoms with Crippen molar-refractivity contribution in [2.75, 3.05) is 0 Å². The first kappa shape index (κ1) is 22.6. The summed E-state index contributed by atoms with van der Waals surface area (Å²) in [5.41, 5.74) is 6.57. The van der Waals surface area contributed by atoms with Crippen molar-refractivity contribution in [2.24, 2.45) is 29.1 Å². The summed E-state index contributed by atoms with van der Waals surface area (Å²) in [4.78, 5) is 0. The van der Waals surface area contributed by atoms with Crippen molar-refractivity contribution in [3.63, 3.8) is 0 Å². The van der Waals surface area contributed by atoms with Crippen LogP contribution in [0.4, 0.5) is 0 Å². The van der Waals surface area contributed by atoms with Crippen LogP contribution in [-0.2, 0) is 0 Å². The van der Waals surface area contributed by atoms with Crippen molar-refractivity contribution in [3.8, 4) is 0 Å². The van der Waals surface area contributed by atoms with Crippen molar-refractivity contribution in [1.82, 2.24) is 0 Å². The molecule has 0 bridgehead atoms. The van der Waals surface area contributed by atoms with Crippen molar-refractivity contribution >= 4 is 0 Å². The molecular formula is C28H44O. The second kappa shape index (κ2) is 9.38. The van der Waals surface area contributed by atoms with Gasteiger partial charge < -0.3 is 5.11 Å². The Bertz CT molecular complexity index is 704. The summed E-state index contributed by atoms with van der Waals surface area (Å²) >= 11 is 0. The van der Waals surface area contributed by atoms with Crippen LogP contribution in [0, 0.1) is 29.1 Å².